The number of phenols is 1. The van der Waals surface area contributed by atoms with E-state index in [0.29, 0.717) is 44.4 Å². The minimum absolute atomic E-state index is 0.0237. The Labute approximate surface area is 210 Å². The van der Waals surface area contributed by atoms with Crippen molar-refractivity contribution in [2.45, 2.75) is 26.8 Å². The first-order valence-corrected chi connectivity index (χ1v) is 12.3. The van der Waals surface area contributed by atoms with Crippen LogP contribution in [0, 0.1) is 0 Å². The van der Waals surface area contributed by atoms with Crippen LogP contribution in [0.5, 0.6) is 23.0 Å². The fourth-order valence-electron chi connectivity index (χ4n) is 4.18. The zero-order valence-corrected chi connectivity index (χ0v) is 20.8. The van der Waals surface area contributed by atoms with E-state index in [0.717, 1.165) is 5.56 Å². The van der Waals surface area contributed by atoms with Crippen molar-refractivity contribution in [2.75, 3.05) is 20.0 Å². The highest BCUT2D eigenvalue weighted by Gasteiger charge is 2.32. The van der Waals surface area contributed by atoms with Gasteiger partial charge in [-0.2, -0.15) is 0 Å². The van der Waals surface area contributed by atoms with Crippen molar-refractivity contribution in [2.24, 2.45) is 4.99 Å². The summed E-state index contributed by atoms with van der Waals surface area (Å²) in [5.41, 5.74) is 1.86. The highest BCUT2D eigenvalue weighted by molar-refractivity contribution is 7.07. The monoisotopic (exact) mass is 508 g/mol. The maximum Gasteiger partial charge on any atom is 0.338 e. The van der Waals surface area contributed by atoms with Gasteiger partial charge < -0.3 is 24.1 Å². The molecule has 9 nitrogen and oxygen atoms in total. The number of hydrogen-bond acceptors (Lipinski definition) is 9. The number of allylic oxidation sites excluding steroid dienone is 1. The lowest BCUT2D eigenvalue weighted by atomic mass is 9.96. The predicted molar refractivity (Wildman–Crippen MR) is 133 cm³/mol. The Kier molecular flexibility index (Phi) is 6.27. The normalized spacial score (nSPS) is 16.5. The third-order valence-electron chi connectivity index (χ3n) is 5.83. The van der Waals surface area contributed by atoms with Crippen LogP contribution in [0.2, 0.25) is 0 Å². The molecule has 0 radical (unpaired) electrons. The van der Waals surface area contributed by atoms with Gasteiger partial charge in [0.25, 0.3) is 5.56 Å². The Balaban J connectivity index is 1.67. The molecule has 10 heteroatoms. The highest BCUT2D eigenvalue weighted by atomic mass is 32.1. The number of thiazole rings is 1. The molecule has 5 rings (SSSR count). The van der Waals surface area contributed by atoms with Gasteiger partial charge in [0.15, 0.2) is 27.8 Å². The van der Waals surface area contributed by atoms with Crippen LogP contribution in [0.15, 0.2) is 51.8 Å². The van der Waals surface area contributed by atoms with Crippen LogP contribution < -0.4 is 29.1 Å². The van der Waals surface area contributed by atoms with E-state index in [-0.39, 0.29) is 30.3 Å². The lowest BCUT2D eigenvalue weighted by molar-refractivity contribution is -0.138. The van der Waals surface area contributed by atoms with Crippen molar-refractivity contribution in [3.63, 3.8) is 0 Å². The molecule has 0 saturated heterocycles. The van der Waals surface area contributed by atoms with E-state index in [9.17, 15) is 14.7 Å². The molecule has 2 aliphatic heterocycles. The van der Waals surface area contributed by atoms with E-state index in [4.69, 9.17) is 23.9 Å². The summed E-state index contributed by atoms with van der Waals surface area (Å²) >= 11 is 1.22. The van der Waals surface area contributed by atoms with Crippen molar-refractivity contribution < 1.29 is 28.8 Å². The third kappa shape index (κ3) is 4.13. The standard InChI is InChI=1S/C26H24N2O7S/c1-4-32-19-10-15(6-8-17(19)29)11-21-24(30)28-14(3)22(25(31)33-5-2)23(27-26(28)36-21)16-7-9-18-20(12-16)35-13-34-18/h6-12,23,29H,4-5,13H2,1-3H3/b21-11-/t23-/m1/s1. The van der Waals surface area contributed by atoms with E-state index in [1.54, 1.807) is 44.2 Å². The molecule has 0 saturated carbocycles. The topological polar surface area (TPSA) is 109 Å². The number of benzene rings is 2. The number of hydrogen-bond donors (Lipinski definition) is 1. The minimum Gasteiger partial charge on any atom is -0.504 e. The number of nitrogens with zero attached hydrogens (tertiary/aromatic N) is 2. The largest absolute Gasteiger partial charge is 0.504 e. The number of carbonyl (C=O) groups excluding carboxylic acids is 1. The molecule has 36 heavy (non-hydrogen) atoms. The van der Waals surface area contributed by atoms with Crippen molar-refractivity contribution in [3.8, 4) is 23.0 Å². The molecule has 1 atom stereocenters. The lowest BCUT2D eigenvalue weighted by Crippen LogP contribution is -2.35. The number of aromatic nitrogens is 1. The molecule has 2 aromatic carbocycles. The molecular formula is C26H24N2O7S. The number of aromatic hydroxyl groups is 1. The van der Waals surface area contributed by atoms with Gasteiger partial charge in [-0.25, -0.2) is 9.79 Å². The van der Waals surface area contributed by atoms with Crippen molar-refractivity contribution in [3.05, 3.63) is 72.8 Å². The summed E-state index contributed by atoms with van der Waals surface area (Å²) in [6.45, 7) is 5.99. The van der Waals surface area contributed by atoms with Crippen molar-refractivity contribution in [1.82, 2.24) is 4.57 Å². The van der Waals surface area contributed by atoms with Gasteiger partial charge in [-0.1, -0.05) is 23.5 Å². The van der Waals surface area contributed by atoms with Crippen molar-refractivity contribution >= 4 is 29.1 Å². The molecule has 0 unspecified atom stereocenters. The maximum atomic E-state index is 13.4. The molecule has 1 N–H and O–H groups in total. The molecule has 186 valence electrons. The van der Waals surface area contributed by atoms with Gasteiger partial charge in [0.05, 0.1) is 23.3 Å². The van der Waals surface area contributed by atoms with Crippen LogP contribution in [0.25, 0.3) is 11.8 Å². The van der Waals surface area contributed by atoms with Crippen LogP contribution >= 0.6 is 11.3 Å². The third-order valence-corrected chi connectivity index (χ3v) is 6.82. The second kappa shape index (κ2) is 9.54. The van der Waals surface area contributed by atoms with Crippen LogP contribution in [0.1, 0.15) is 37.9 Å². The van der Waals surface area contributed by atoms with Crippen LogP contribution in [0.3, 0.4) is 0 Å². The summed E-state index contributed by atoms with van der Waals surface area (Å²) in [4.78, 5) is 31.7. The van der Waals surface area contributed by atoms with Gasteiger partial charge in [-0.05, 0) is 62.2 Å². The summed E-state index contributed by atoms with van der Waals surface area (Å²) in [5, 5.41) is 9.99. The first-order valence-electron chi connectivity index (χ1n) is 11.5. The number of ether oxygens (including phenoxy) is 4. The van der Waals surface area contributed by atoms with Gasteiger partial charge >= 0.3 is 5.97 Å². The van der Waals surface area contributed by atoms with Crippen LogP contribution in [-0.2, 0) is 9.53 Å². The molecule has 0 bridgehead atoms. The van der Waals surface area contributed by atoms with Gasteiger partial charge in [0, 0.05) is 5.70 Å². The fraction of sp³-hybridized carbons (Fsp3) is 0.269. The van der Waals surface area contributed by atoms with E-state index < -0.39 is 12.0 Å². The average Bonchev–Trinajstić information content (AvgIpc) is 3.45. The van der Waals surface area contributed by atoms with Gasteiger partial charge in [0.1, 0.15) is 6.04 Å². The smallest absolute Gasteiger partial charge is 0.338 e. The number of phenolic OH excluding ortho intramolecular Hbond substituents is 1. The molecule has 1 aromatic heterocycles. The van der Waals surface area contributed by atoms with E-state index in [1.165, 1.54) is 22.0 Å². The Morgan fingerprint density at radius 1 is 1.19 bits per heavy atom. The number of esters is 1. The quantitative estimate of drug-likeness (QED) is 0.510. The Morgan fingerprint density at radius 2 is 2.00 bits per heavy atom. The summed E-state index contributed by atoms with van der Waals surface area (Å²) < 4.78 is 23.6. The Bertz CT molecular complexity index is 1570. The van der Waals surface area contributed by atoms with Gasteiger partial charge in [-0.15, -0.1) is 0 Å². The molecular weight excluding hydrogens is 484 g/mol. The van der Waals surface area contributed by atoms with Crippen molar-refractivity contribution in [1.29, 1.82) is 0 Å². The van der Waals surface area contributed by atoms with Crippen LogP contribution in [0.4, 0.5) is 0 Å². The maximum absolute atomic E-state index is 13.4. The second-order valence-corrected chi connectivity index (χ2v) is 9.07. The first-order chi connectivity index (χ1) is 17.4. The Morgan fingerprint density at radius 3 is 2.78 bits per heavy atom. The molecule has 3 aromatic rings. The van der Waals surface area contributed by atoms with Gasteiger partial charge in [-0.3, -0.25) is 9.36 Å². The molecule has 3 heterocycles. The Hall–Kier alpha value is -4.05. The van der Waals surface area contributed by atoms with E-state index in [1.807, 2.05) is 13.0 Å². The summed E-state index contributed by atoms with van der Waals surface area (Å²) in [6.07, 6.45) is 1.71. The zero-order chi connectivity index (χ0) is 25.4. The van der Waals surface area contributed by atoms with Gasteiger partial charge in [0.2, 0.25) is 6.79 Å². The molecule has 0 fully saturated rings. The molecule has 0 spiro atoms. The molecule has 0 aliphatic carbocycles. The lowest BCUT2D eigenvalue weighted by Gasteiger charge is -2.22. The summed E-state index contributed by atoms with van der Waals surface area (Å²) in [5.74, 6) is 1.02. The van der Waals surface area contributed by atoms with Crippen LogP contribution in [-0.4, -0.2) is 35.6 Å². The average molecular weight is 509 g/mol. The minimum atomic E-state index is -0.678. The molecule has 0 amide bonds. The SMILES string of the molecule is CCOC(=O)C1=C(C)n2c(s/c(=C\c3ccc(O)c(OCC)c3)c2=O)=N[C@@H]1c1ccc2c(c1)OCO2. The van der Waals surface area contributed by atoms with E-state index >= 15 is 0 Å². The number of fused-ring (bicyclic) bond motifs is 2. The first kappa shape index (κ1) is 23.7. The number of carbonyl (C=O) groups is 1. The summed E-state index contributed by atoms with van der Waals surface area (Å²) in [6, 6.07) is 9.61. The predicted octanol–water partition coefficient (Wildman–Crippen LogP) is 2.74. The number of rotatable bonds is 6. The zero-order valence-electron chi connectivity index (χ0n) is 19.9. The van der Waals surface area contributed by atoms with E-state index in [2.05, 4.69) is 0 Å². The highest BCUT2D eigenvalue weighted by Crippen LogP contribution is 2.39. The second-order valence-electron chi connectivity index (χ2n) is 8.06. The fourth-order valence-corrected chi connectivity index (χ4v) is 5.22. The molecule has 2 aliphatic rings. The summed E-state index contributed by atoms with van der Waals surface area (Å²) in [7, 11) is 0.